The molecule has 4 rings (SSSR count). The summed E-state index contributed by atoms with van der Waals surface area (Å²) in [6, 6.07) is 17.0. The lowest BCUT2D eigenvalue weighted by atomic mass is 10.1. The number of hydrogen-bond donors (Lipinski definition) is 2. The Morgan fingerprint density at radius 3 is 2.44 bits per heavy atom. The van der Waals surface area contributed by atoms with E-state index in [1.165, 1.54) is 49.6 Å². The summed E-state index contributed by atoms with van der Waals surface area (Å²) in [6.45, 7) is 1.03. The van der Waals surface area contributed by atoms with E-state index in [-0.39, 0.29) is 29.5 Å². The molecule has 0 aliphatic rings. The minimum Gasteiger partial charge on any atom is -0.493 e. The molecule has 0 aliphatic carbocycles. The third-order valence-electron chi connectivity index (χ3n) is 5.39. The number of esters is 1. The summed E-state index contributed by atoms with van der Waals surface area (Å²) in [5.41, 5.74) is 2.59. The molecule has 0 saturated carbocycles. The Hall–Kier alpha value is -4.66. The highest BCUT2D eigenvalue weighted by Gasteiger charge is 2.19. The molecule has 1 aromatic heterocycles. The van der Waals surface area contributed by atoms with Gasteiger partial charge in [0, 0.05) is 27.8 Å². The van der Waals surface area contributed by atoms with E-state index in [9.17, 15) is 18.8 Å². The second-order valence-corrected chi connectivity index (χ2v) is 7.88. The van der Waals surface area contributed by atoms with Gasteiger partial charge in [-0.25, -0.2) is 9.18 Å². The van der Waals surface area contributed by atoms with E-state index in [2.05, 4.69) is 10.3 Å². The molecule has 2 N–H and O–H groups in total. The number of aromatic amines is 1. The van der Waals surface area contributed by atoms with Gasteiger partial charge in [0.2, 0.25) is 5.78 Å². The van der Waals surface area contributed by atoms with E-state index in [4.69, 9.17) is 14.2 Å². The number of rotatable bonds is 9. The Labute approximate surface area is 206 Å². The van der Waals surface area contributed by atoms with Gasteiger partial charge in [-0.3, -0.25) is 9.59 Å². The Morgan fingerprint density at radius 2 is 1.69 bits per heavy atom. The van der Waals surface area contributed by atoms with Gasteiger partial charge in [-0.1, -0.05) is 18.2 Å². The number of nitrogens with one attached hydrogen (secondary N) is 2. The summed E-state index contributed by atoms with van der Waals surface area (Å²) in [7, 11) is 1.39. The predicted octanol–water partition coefficient (Wildman–Crippen LogP) is 4.68. The second-order valence-electron chi connectivity index (χ2n) is 7.88. The smallest absolute Gasteiger partial charge is 0.338 e. The molecule has 0 unspecified atom stereocenters. The molecule has 8 nitrogen and oxygen atoms in total. The molecule has 184 valence electrons. The minimum absolute atomic E-state index is 0.151. The number of carbonyl (C=O) groups is 3. The van der Waals surface area contributed by atoms with Crippen LogP contribution in [0.4, 0.5) is 10.1 Å². The molecule has 4 aromatic rings. The molecule has 0 aliphatic heterocycles. The molecule has 0 bridgehead atoms. The Bertz CT molecular complexity index is 1430. The fourth-order valence-corrected chi connectivity index (χ4v) is 3.71. The summed E-state index contributed by atoms with van der Waals surface area (Å²) in [4.78, 5) is 40.6. The topological polar surface area (TPSA) is 107 Å². The third-order valence-corrected chi connectivity index (χ3v) is 5.39. The van der Waals surface area contributed by atoms with Crippen LogP contribution in [0.25, 0.3) is 10.9 Å². The Morgan fingerprint density at radius 1 is 0.944 bits per heavy atom. The van der Waals surface area contributed by atoms with Crippen LogP contribution in [-0.2, 0) is 9.53 Å². The van der Waals surface area contributed by atoms with Crippen molar-refractivity contribution >= 4 is 34.3 Å². The van der Waals surface area contributed by atoms with E-state index in [1.54, 1.807) is 6.92 Å². The first-order chi connectivity index (χ1) is 17.4. The van der Waals surface area contributed by atoms with Crippen molar-refractivity contribution in [1.29, 1.82) is 0 Å². The number of H-pyrrole nitrogens is 1. The number of anilines is 1. The summed E-state index contributed by atoms with van der Waals surface area (Å²) in [5, 5.41) is 3.35. The third kappa shape index (κ3) is 5.52. The van der Waals surface area contributed by atoms with Crippen molar-refractivity contribution in [3.05, 3.63) is 89.4 Å². The van der Waals surface area contributed by atoms with Gasteiger partial charge in [0.15, 0.2) is 24.7 Å². The van der Waals surface area contributed by atoms with Crippen LogP contribution in [0.2, 0.25) is 0 Å². The van der Waals surface area contributed by atoms with Gasteiger partial charge in [-0.2, -0.15) is 0 Å². The number of methoxy groups -OCH3 is 1. The van der Waals surface area contributed by atoms with Gasteiger partial charge in [0.1, 0.15) is 5.82 Å². The average molecular weight is 490 g/mol. The largest absolute Gasteiger partial charge is 0.493 e. The Kier molecular flexibility index (Phi) is 7.29. The first-order valence-electron chi connectivity index (χ1n) is 11.0. The first kappa shape index (κ1) is 24.5. The molecular formula is C27H23FN2O6. The van der Waals surface area contributed by atoms with E-state index in [1.807, 2.05) is 24.3 Å². The van der Waals surface area contributed by atoms with Gasteiger partial charge in [0.25, 0.3) is 5.91 Å². The zero-order chi connectivity index (χ0) is 25.7. The van der Waals surface area contributed by atoms with Crippen LogP contribution in [0, 0.1) is 12.7 Å². The molecule has 0 spiro atoms. The molecular weight excluding hydrogens is 467 g/mol. The summed E-state index contributed by atoms with van der Waals surface area (Å²) >= 11 is 0. The van der Waals surface area contributed by atoms with Gasteiger partial charge in [-0.15, -0.1) is 0 Å². The molecule has 3 aromatic carbocycles. The number of ketones is 1. The first-order valence-corrected chi connectivity index (χ1v) is 11.0. The number of para-hydroxylation sites is 1. The van der Waals surface area contributed by atoms with E-state index in [0.29, 0.717) is 16.9 Å². The normalized spacial score (nSPS) is 10.6. The second kappa shape index (κ2) is 10.7. The van der Waals surface area contributed by atoms with Crippen molar-refractivity contribution in [1.82, 2.24) is 4.98 Å². The van der Waals surface area contributed by atoms with Crippen molar-refractivity contribution in [2.45, 2.75) is 6.92 Å². The van der Waals surface area contributed by atoms with Crippen molar-refractivity contribution in [3.63, 3.8) is 0 Å². The number of aryl methyl sites for hydroxylation is 1. The molecule has 0 fully saturated rings. The lowest BCUT2D eigenvalue weighted by molar-refractivity contribution is -0.118. The number of halogens is 1. The highest BCUT2D eigenvalue weighted by molar-refractivity contribution is 6.10. The van der Waals surface area contributed by atoms with Crippen LogP contribution in [0.3, 0.4) is 0 Å². The lowest BCUT2D eigenvalue weighted by Gasteiger charge is -2.12. The van der Waals surface area contributed by atoms with E-state index < -0.39 is 24.3 Å². The van der Waals surface area contributed by atoms with E-state index in [0.717, 1.165) is 10.9 Å². The van der Waals surface area contributed by atoms with Crippen LogP contribution in [0.1, 0.15) is 26.4 Å². The van der Waals surface area contributed by atoms with Gasteiger partial charge in [0.05, 0.1) is 12.7 Å². The maximum atomic E-state index is 13.0. The predicted molar refractivity (Wildman–Crippen MR) is 131 cm³/mol. The molecule has 1 amide bonds. The Balaban J connectivity index is 1.36. The number of hydrogen-bond acceptors (Lipinski definition) is 6. The number of carbonyl (C=O) groups excluding carboxylic acids is 3. The van der Waals surface area contributed by atoms with Crippen LogP contribution in [0.5, 0.6) is 11.5 Å². The van der Waals surface area contributed by atoms with Crippen molar-refractivity contribution in [2.24, 2.45) is 0 Å². The van der Waals surface area contributed by atoms with Crippen LogP contribution < -0.4 is 14.8 Å². The van der Waals surface area contributed by atoms with Gasteiger partial charge in [-0.05, 0) is 55.5 Å². The number of fused-ring (bicyclic) bond motifs is 1. The van der Waals surface area contributed by atoms with Crippen LogP contribution >= 0.6 is 0 Å². The lowest BCUT2D eigenvalue weighted by Crippen LogP contribution is -2.20. The highest BCUT2D eigenvalue weighted by Crippen LogP contribution is 2.29. The number of benzene rings is 3. The van der Waals surface area contributed by atoms with Crippen molar-refractivity contribution < 1.29 is 33.0 Å². The van der Waals surface area contributed by atoms with Gasteiger partial charge < -0.3 is 24.5 Å². The van der Waals surface area contributed by atoms with Crippen LogP contribution in [0.15, 0.2) is 66.7 Å². The molecule has 0 radical (unpaired) electrons. The van der Waals surface area contributed by atoms with Crippen molar-refractivity contribution in [2.75, 3.05) is 25.6 Å². The SMILES string of the molecule is COc1cc(C(=O)OCC(=O)c2c(C)[nH]c3ccccc23)ccc1OCC(=O)Nc1ccc(F)cc1. The highest BCUT2D eigenvalue weighted by atomic mass is 19.1. The summed E-state index contributed by atoms with van der Waals surface area (Å²) in [6.07, 6.45) is 0. The fourth-order valence-electron chi connectivity index (χ4n) is 3.71. The number of Topliss-reactive ketones (excluding diaryl/α,β-unsaturated/α-hetero) is 1. The molecule has 1 heterocycles. The van der Waals surface area contributed by atoms with Crippen molar-refractivity contribution in [3.8, 4) is 11.5 Å². The maximum absolute atomic E-state index is 13.0. The monoisotopic (exact) mass is 490 g/mol. The molecule has 36 heavy (non-hydrogen) atoms. The number of aromatic nitrogens is 1. The average Bonchev–Trinajstić information content (AvgIpc) is 3.22. The summed E-state index contributed by atoms with van der Waals surface area (Å²) < 4.78 is 29.0. The maximum Gasteiger partial charge on any atom is 0.338 e. The minimum atomic E-state index is -0.709. The fraction of sp³-hybridized carbons (Fsp3) is 0.148. The zero-order valence-corrected chi connectivity index (χ0v) is 19.6. The van der Waals surface area contributed by atoms with E-state index >= 15 is 0 Å². The van der Waals surface area contributed by atoms with Crippen LogP contribution in [-0.4, -0.2) is 43.0 Å². The molecule has 0 saturated heterocycles. The number of ether oxygens (including phenoxy) is 3. The zero-order valence-electron chi connectivity index (χ0n) is 19.6. The summed E-state index contributed by atoms with van der Waals surface area (Å²) in [5.74, 6) is -1.47. The van der Waals surface area contributed by atoms with Gasteiger partial charge >= 0.3 is 5.97 Å². The standard InChI is InChI=1S/C27H23FN2O6/c1-16-26(20-5-3-4-6-21(20)29-16)22(31)14-36-27(33)17-7-12-23(24(13-17)34-2)35-15-25(32)30-19-10-8-18(28)9-11-19/h3-13,29H,14-15H2,1-2H3,(H,30,32). The molecule has 0 atom stereocenters. The quantitative estimate of drug-likeness (QED) is 0.261. The number of amides is 1. The molecule has 9 heteroatoms.